The Labute approximate surface area is 252 Å². The molecule has 5 aromatic heterocycles. The van der Waals surface area contributed by atoms with Gasteiger partial charge in [-0.05, 0) is 72.5 Å². The number of carbonyl (C=O) groups excluding carboxylic acids is 1. The minimum atomic E-state index is -0.599. The average Bonchev–Trinajstić information content (AvgIpc) is 3.80. The van der Waals surface area contributed by atoms with Gasteiger partial charge in [0.25, 0.3) is 5.56 Å². The molecule has 1 unspecified atom stereocenters. The lowest BCUT2D eigenvalue weighted by molar-refractivity contribution is 0.112. The number of benzene rings is 2. The summed E-state index contributed by atoms with van der Waals surface area (Å²) in [6, 6.07) is 17.0. The summed E-state index contributed by atoms with van der Waals surface area (Å²) in [4.78, 5) is 54.9. The number of pyridine rings is 2. The third-order valence-corrected chi connectivity index (χ3v) is 8.25. The summed E-state index contributed by atoms with van der Waals surface area (Å²) in [5.41, 5.74) is 9.73. The summed E-state index contributed by atoms with van der Waals surface area (Å²) in [6.07, 6.45) is 6.70. The summed E-state index contributed by atoms with van der Waals surface area (Å²) in [7, 11) is 0. The Morgan fingerprint density at radius 2 is 1.91 bits per heavy atom. The highest BCUT2D eigenvalue weighted by molar-refractivity contribution is 5.89. The normalized spacial score (nSPS) is 14.3. The lowest BCUT2D eigenvalue weighted by atomic mass is 10.1. The van der Waals surface area contributed by atoms with Crippen molar-refractivity contribution in [3.8, 4) is 28.6 Å². The molecule has 0 saturated carbocycles. The number of nitrogens with two attached hydrogens (primary N) is 1. The molecule has 0 spiro atoms. The second-order valence-electron chi connectivity index (χ2n) is 10.8. The molecule has 0 bridgehead atoms. The molecule has 0 saturated heterocycles. The molecule has 1 aliphatic rings. The number of fused-ring (bicyclic) bond motifs is 3. The van der Waals surface area contributed by atoms with Crippen molar-refractivity contribution in [1.82, 2.24) is 38.9 Å². The fourth-order valence-corrected chi connectivity index (χ4v) is 6.16. The molecule has 8 rings (SSSR count). The van der Waals surface area contributed by atoms with Crippen molar-refractivity contribution < 1.29 is 9.90 Å². The first-order chi connectivity index (χ1) is 21.9. The van der Waals surface area contributed by atoms with Gasteiger partial charge in [0, 0.05) is 30.3 Å². The van der Waals surface area contributed by atoms with Crippen molar-refractivity contribution in [2.24, 2.45) is 0 Å². The predicted molar refractivity (Wildman–Crippen MR) is 166 cm³/mol. The van der Waals surface area contributed by atoms with Crippen LogP contribution in [0.2, 0.25) is 0 Å². The summed E-state index contributed by atoms with van der Waals surface area (Å²) >= 11 is 0. The lowest BCUT2D eigenvalue weighted by Gasteiger charge is -2.16. The number of nitrogens with one attached hydrogen (secondary N) is 1. The molecule has 220 valence electrons. The topological polar surface area (TPSA) is 180 Å². The first kappa shape index (κ1) is 26.3. The number of nitrogens with zero attached hydrogens (tertiary/aromatic N) is 7. The fourth-order valence-electron chi connectivity index (χ4n) is 6.16. The van der Waals surface area contributed by atoms with E-state index in [0.717, 1.165) is 16.8 Å². The molecule has 7 aromatic rings. The molecule has 0 fully saturated rings. The Morgan fingerprint density at radius 1 is 1.02 bits per heavy atom. The number of aromatic nitrogens is 8. The summed E-state index contributed by atoms with van der Waals surface area (Å²) in [6.45, 7) is 0. The molecular weight excluding hydrogens is 574 g/mol. The molecule has 4 N–H and O–H groups in total. The van der Waals surface area contributed by atoms with Gasteiger partial charge >= 0.3 is 5.69 Å². The van der Waals surface area contributed by atoms with E-state index in [9.17, 15) is 19.5 Å². The Hall–Kier alpha value is -6.37. The van der Waals surface area contributed by atoms with Crippen molar-refractivity contribution >= 4 is 34.2 Å². The van der Waals surface area contributed by atoms with E-state index in [-0.39, 0.29) is 22.2 Å². The summed E-state index contributed by atoms with van der Waals surface area (Å²) < 4.78 is 4.78. The fraction of sp³-hybridized carbons (Fsp3) is 0.0938. The van der Waals surface area contributed by atoms with Crippen molar-refractivity contribution in [3.05, 3.63) is 117 Å². The summed E-state index contributed by atoms with van der Waals surface area (Å²) in [5.74, 6) is 1.19. The number of aromatic hydroxyl groups is 1. The molecule has 1 atom stereocenters. The number of aryl methyl sites for hydroxylation is 1. The number of aldehydes is 1. The van der Waals surface area contributed by atoms with Crippen LogP contribution in [-0.2, 0) is 6.42 Å². The van der Waals surface area contributed by atoms with Gasteiger partial charge in [-0.25, -0.2) is 24.4 Å². The van der Waals surface area contributed by atoms with Crippen molar-refractivity contribution in [2.75, 3.05) is 5.73 Å². The largest absolute Gasteiger partial charge is 0.507 e. The zero-order chi connectivity index (χ0) is 30.8. The first-order valence-corrected chi connectivity index (χ1v) is 14.1. The van der Waals surface area contributed by atoms with Crippen LogP contribution in [0.15, 0.2) is 88.8 Å². The van der Waals surface area contributed by atoms with Crippen LogP contribution >= 0.6 is 0 Å². The van der Waals surface area contributed by atoms with Crippen LogP contribution in [0.1, 0.15) is 33.9 Å². The molecule has 1 aliphatic carbocycles. The monoisotopic (exact) mass is 597 g/mol. The predicted octanol–water partition coefficient (Wildman–Crippen LogP) is 3.31. The van der Waals surface area contributed by atoms with Gasteiger partial charge in [0.2, 0.25) is 0 Å². The first-order valence-electron chi connectivity index (χ1n) is 14.1. The van der Waals surface area contributed by atoms with Crippen LogP contribution in [0.5, 0.6) is 5.75 Å². The second-order valence-corrected chi connectivity index (χ2v) is 10.8. The number of phenols is 1. The maximum atomic E-state index is 13.6. The molecule has 2 aromatic carbocycles. The van der Waals surface area contributed by atoms with E-state index < -0.39 is 17.3 Å². The number of imidazole rings is 1. The molecule has 0 radical (unpaired) electrons. The van der Waals surface area contributed by atoms with Gasteiger partial charge in [-0.1, -0.05) is 6.07 Å². The molecule has 0 amide bonds. The van der Waals surface area contributed by atoms with Gasteiger partial charge in [-0.2, -0.15) is 5.10 Å². The number of hydrogen-bond donors (Lipinski definition) is 3. The van der Waals surface area contributed by atoms with E-state index in [1.807, 2.05) is 53.2 Å². The Bertz CT molecular complexity index is 2440. The third kappa shape index (κ3) is 4.05. The van der Waals surface area contributed by atoms with Gasteiger partial charge in [0.15, 0.2) is 23.6 Å². The number of aromatic amines is 1. The quantitative estimate of drug-likeness (QED) is 0.251. The lowest BCUT2D eigenvalue weighted by Crippen LogP contribution is -2.37. The summed E-state index contributed by atoms with van der Waals surface area (Å²) in [5, 5.41) is 14.5. The zero-order valence-corrected chi connectivity index (χ0v) is 23.5. The molecule has 13 heteroatoms. The Kier molecular flexibility index (Phi) is 5.75. The minimum absolute atomic E-state index is 0.0309. The van der Waals surface area contributed by atoms with Crippen molar-refractivity contribution in [3.63, 3.8) is 0 Å². The molecule has 13 nitrogen and oxygen atoms in total. The standard InChI is InChI=1S/C32H23N9O4/c33-28-21(3-1-10-34-28)29-36-23-7-9-27(39-12-2-11-35-39)38-30(23)40(29)19-5-6-20-17(13-19)4-8-25(20)41-31(44)22-14-18(16-42)26(43)15-24(22)37-32(41)45/h1-3,5-7,9-16,25,43H,4,8H2,(H2,33,34)(H,37,45). The number of carbonyl (C=O) groups is 1. The maximum absolute atomic E-state index is 13.6. The highest BCUT2D eigenvalue weighted by Gasteiger charge is 2.29. The molecule has 45 heavy (non-hydrogen) atoms. The van der Waals surface area contributed by atoms with E-state index in [1.54, 1.807) is 23.1 Å². The van der Waals surface area contributed by atoms with E-state index >= 15 is 0 Å². The highest BCUT2D eigenvalue weighted by atomic mass is 16.3. The van der Waals surface area contributed by atoms with E-state index in [0.29, 0.717) is 53.3 Å². The maximum Gasteiger partial charge on any atom is 0.329 e. The van der Waals surface area contributed by atoms with E-state index in [4.69, 9.17) is 15.7 Å². The molecule has 5 heterocycles. The molecule has 0 aliphatic heterocycles. The number of nitrogen functional groups attached to an aromatic ring is 1. The van der Waals surface area contributed by atoms with Crippen molar-refractivity contribution in [1.29, 1.82) is 0 Å². The van der Waals surface area contributed by atoms with Crippen molar-refractivity contribution in [2.45, 2.75) is 18.9 Å². The van der Waals surface area contributed by atoms with Crippen LogP contribution in [0.3, 0.4) is 0 Å². The SMILES string of the molecule is Nc1ncccc1-c1nc2ccc(-n3cccn3)nc2n1-c1ccc2c(c1)CCC2n1c(=O)[nH]c2cc(O)c(C=O)cc2c1=O. The minimum Gasteiger partial charge on any atom is -0.507 e. The van der Waals surface area contributed by atoms with Gasteiger partial charge in [-0.3, -0.25) is 18.7 Å². The second kappa shape index (κ2) is 9.84. The highest BCUT2D eigenvalue weighted by Crippen LogP contribution is 2.37. The van der Waals surface area contributed by atoms with Gasteiger partial charge in [-0.15, -0.1) is 0 Å². The number of phenolic OH excluding ortho intramolecular Hbond substituents is 1. The van der Waals surface area contributed by atoms with Crippen LogP contribution in [-0.4, -0.2) is 50.2 Å². The van der Waals surface area contributed by atoms with E-state index in [1.165, 1.54) is 16.7 Å². The van der Waals surface area contributed by atoms with Crippen LogP contribution in [0.4, 0.5) is 5.82 Å². The number of rotatable bonds is 5. The van der Waals surface area contributed by atoms with Crippen LogP contribution in [0, 0.1) is 0 Å². The van der Waals surface area contributed by atoms with Gasteiger partial charge in [0.1, 0.15) is 17.1 Å². The van der Waals surface area contributed by atoms with Gasteiger partial charge in [0.05, 0.1) is 28.1 Å². The smallest absolute Gasteiger partial charge is 0.329 e. The molecular formula is C32H23N9O4. The average molecular weight is 598 g/mol. The van der Waals surface area contributed by atoms with Gasteiger partial charge < -0.3 is 15.8 Å². The third-order valence-electron chi connectivity index (χ3n) is 8.25. The van der Waals surface area contributed by atoms with Crippen LogP contribution < -0.4 is 17.0 Å². The Balaban J connectivity index is 1.29. The number of hydrogen-bond acceptors (Lipinski definition) is 9. The zero-order valence-electron chi connectivity index (χ0n) is 23.5. The Morgan fingerprint density at radius 3 is 2.71 bits per heavy atom. The number of anilines is 1. The van der Waals surface area contributed by atoms with Crippen LogP contribution in [0.25, 0.3) is 45.0 Å². The van der Waals surface area contributed by atoms with E-state index in [2.05, 4.69) is 15.1 Å². The number of H-pyrrole nitrogens is 1.